The number of hydrogen-bond acceptors (Lipinski definition) is 4. The Balaban J connectivity index is 1.38. The van der Waals surface area contributed by atoms with Gasteiger partial charge in [-0.05, 0) is 43.0 Å². The molecule has 0 radical (unpaired) electrons. The van der Waals surface area contributed by atoms with Crippen LogP contribution in [0.2, 0.25) is 0 Å². The van der Waals surface area contributed by atoms with Gasteiger partial charge in [-0.1, -0.05) is 170 Å². The molecule has 1 aliphatic rings. The van der Waals surface area contributed by atoms with E-state index in [4.69, 9.17) is 17.7 Å². The van der Waals surface area contributed by atoms with Gasteiger partial charge in [-0.3, -0.25) is 0 Å². The van der Waals surface area contributed by atoms with Crippen molar-refractivity contribution >= 4 is 37.9 Å². The molecule has 0 atom stereocenters. The van der Waals surface area contributed by atoms with Crippen LogP contribution >= 0.6 is 0 Å². The molecule has 6 aromatic carbocycles. The second-order valence-corrected chi connectivity index (χ2v) is 17.3. The van der Waals surface area contributed by atoms with Crippen LogP contribution in [-0.4, -0.2) is 17.1 Å². The third kappa shape index (κ3) is 6.19. The molecule has 1 heterocycles. The minimum atomic E-state index is -3.18. The quantitative estimate of drug-likeness (QED) is 0.223. The van der Waals surface area contributed by atoms with Crippen molar-refractivity contribution in [2.75, 3.05) is 0 Å². The standard InChI is InChI=1S/C40H36O4Si2/c1-5-21-37(22-6-1)45(38-23-7-2-8-24-38)41-29-33-17-13-15-19-35(33)31-43-46(39-25-9-3-10-26-39,40-27-11-4-12-28-40)44-32-36-20-16-14-18-34(36)30-42-45/h1-28H,29-32H2. The molecule has 0 N–H and O–H groups in total. The maximum absolute atomic E-state index is 7.15. The van der Waals surface area contributed by atoms with E-state index in [0.717, 1.165) is 43.0 Å². The van der Waals surface area contributed by atoms with Gasteiger partial charge in [-0.2, -0.15) is 0 Å². The fraction of sp³-hybridized carbons (Fsp3) is 0.100. The zero-order valence-electron chi connectivity index (χ0n) is 25.6. The lowest BCUT2D eigenvalue weighted by atomic mass is 10.1. The van der Waals surface area contributed by atoms with Crippen LogP contribution in [0.15, 0.2) is 170 Å². The van der Waals surface area contributed by atoms with Gasteiger partial charge >= 0.3 is 17.1 Å². The molecule has 0 bridgehead atoms. The van der Waals surface area contributed by atoms with E-state index < -0.39 is 17.1 Å². The lowest BCUT2D eigenvalue weighted by Gasteiger charge is -2.34. The number of benzene rings is 6. The van der Waals surface area contributed by atoms with Gasteiger partial charge in [0.1, 0.15) is 0 Å². The summed E-state index contributed by atoms with van der Waals surface area (Å²) < 4.78 is 28.6. The summed E-state index contributed by atoms with van der Waals surface area (Å²) in [7, 11) is -6.37. The van der Waals surface area contributed by atoms with E-state index in [1.807, 2.05) is 24.3 Å². The molecule has 0 saturated carbocycles. The highest BCUT2D eigenvalue weighted by Crippen LogP contribution is 2.24. The van der Waals surface area contributed by atoms with Gasteiger partial charge in [0.05, 0.1) is 26.4 Å². The second-order valence-electron chi connectivity index (χ2n) is 11.4. The van der Waals surface area contributed by atoms with E-state index in [1.54, 1.807) is 0 Å². The molecule has 4 nitrogen and oxygen atoms in total. The lowest BCUT2D eigenvalue weighted by molar-refractivity contribution is 0.159. The van der Waals surface area contributed by atoms with Crippen molar-refractivity contribution in [3.63, 3.8) is 0 Å². The normalized spacial score (nSPS) is 16.3. The minimum Gasteiger partial charge on any atom is -0.383 e. The fourth-order valence-electron chi connectivity index (χ4n) is 6.11. The average Bonchev–Trinajstić information content (AvgIpc) is 3.14. The molecule has 46 heavy (non-hydrogen) atoms. The Hall–Kier alpha value is -4.41. The summed E-state index contributed by atoms with van der Waals surface area (Å²) in [5.74, 6) is 0. The molecular formula is C40H36O4Si2. The monoisotopic (exact) mass is 636 g/mol. The van der Waals surface area contributed by atoms with Crippen LogP contribution in [0.3, 0.4) is 0 Å². The lowest BCUT2D eigenvalue weighted by Crippen LogP contribution is -2.63. The van der Waals surface area contributed by atoms with Crippen LogP contribution in [0.1, 0.15) is 22.3 Å². The molecule has 0 spiro atoms. The Labute approximate surface area is 273 Å². The molecule has 0 fully saturated rings. The summed E-state index contributed by atoms with van der Waals surface area (Å²) in [5, 5.41) is 4.26. The van der Waals surface area contributed by atoms with E-state index in [-0.39, 0.29) is 0 Å². The topological polar surface area (TPSA) is 36.9 Å². The van der Waals surface area contributed by atoms with Crippen molar-refractivity contribution in [2.45, 2.75) is 26.4 Å². The fourth-order valence-corrected chi connectivity index (χ4v) is 12.2. The van der Waals surface area contributed by atoms with Crippen molar-refractivity contribution in [2.24, 2.45) is 0 Å². The van der Waals surface area contributed by atoms with E-state index in [2.05, 4.69) is 146 Å². The third-order valence-corrected chi connectivity index (χ3v) is 15.2. The molecule has 0 saturated heterocycles. The smallest absolute Gasteiger partial charge is 0.383 e. The van der Waals surface area contributed by atoms with Crippen molar-refractivity contribution in [1.29, 1.82) is 0 Å². The molecule has 228 valence electrons. The van der Waals surface area contributed by atoms with Gasteiger partial charge in [0.2, 0.25) is 0 Å². The maximum atomic E-state index is 7.15. The van der Waals surface area contributed by atoms with Gasteiger partial charge in [0, 0.05) is 0 Å². The maximum Gasteiger partial charge on any atom is 0.407 e. The highest BCUT2D eigenvalue weighted by atomic mass is 28.4. The second kappa shape index (κ2) is 13.9. The predicted octanol–water partition coefficient (Wildman–Crippen LogP) is 5.98. The first-order chi connectivity index (χ1) is 22.8. The molecule has 6 aromatic rings. The predicted molar refractivity (Wildman–Crippen MR) is 188 cm³/mol. The summed E-state index contributed by atoms with van der Waals surface area (Å²) in [6.45, 7) is 1.51. The summed E-state index contributed by atoms with van der Waals surface area (Å²) in [5.41, 5.74) is 4.26. The van der Waals surface area contributed by atoms with Crippen molar-refractivity contribution in [3.8, 4) is 0 Å². The Bertz CT molecular complexity index is 1580. The molecule has 0 amide bonds. The van der Waals surface area contributed by atoms with Gasteiger partial charge < -0.3 is 17.7 Å². The Morgan fingerprint density at radius 2 is 0.457 bits per heavy atom. The number of hydrogen-bond donors (Lipinski definition) is 0. The highest BCUT2D eigenvalue weighted by Gasteiger charge is 2.45. The summed E-state index contributed by atoms with van der Waals surface area (Å²) in [6.07, 6.45) is 0. The molecule has 7 rings (SSSR count). The van der Waals surface area contributed by atoms with Gasteiger partial charge in [-0.15, -0.1) is 0 Å². The summed E-state index contributed by atoms with van der Waals surface area (Å²) in [4.78, 5) is 0. The van der Waals surface area contributed by atoms with Crippen LogP contribution in [0.4, 0.5) is 0 Å². The summed E-state index contributed by atoms with van der Waals surface area (Å²) in [6, 6.07) is 58.4. The molecule has 0 aromatic heterocycles. The van der Waals surface area contributed by atoms with Gasteiger partial charge in [-0.25, -0.2) is 0 Å². The van der Waals surface area contributed by atoms with Crippen molar-refractivity contribution < 1.29 is 17.7 Å². The van der Waals surface area contributed by atoms with Crippen LogP contribution in [0.25, 0.3) is 0 Å². The Morgan fingerprint density at radius 3 is 0.674 bits per heavy atom. The third-order valence-electron chi connectivity index (χ3n) is 8.58. The van der Waals surface area contributed by atoms with Crippen LogP contribution in [-0.2, 0) is 44.1 Å². The van der Waals surface area contributed by atoms with E-state index >= 15 is 0 Å². The molecule has 6 heteroatoms. The largest absolute Gasteiger partial charge is 0.407 e. The zero-order valence-corrected chi connectivity index (χ0v) is 27.6. The first-order valence-electron chi connectivity index (χ1n) is 15.7. The van der Waals surface area contributed by atoms with E-state index in [9.17, 15) is 0 Å². The van der Waals surface area contributed by atoms with Crippen LogP contribution in [0.5, 0.6) is 0 Å². The molecule has 0 unspecified atom stereocenters. The van der Waals surface area contributed by atoms with Crippen molar-refractivity contribution in [3.05, 3.63) is 192 Å². The number of rotatable bonds is 4. The number of fused-ring (bicyclic) bond motifs is 2. The zero-order chi connectivity index (χ0) is 31.1. The molecule has 1 aliphatic heterocycles. The van der Waals surface area contributed by atoms with E-state index in [0.29, 0.717) is 26.4 Å². The first-order valence-corrected chi connectivity index (χ1v) is 19.3. The molecular weight excluding hydrogens is 601 g/mol. The minimum absolute atomic E-state index is 0.378. The Morgan fingerprint density at radius 1 is 0.261 bits per heavy atom. The Kier molecular flexibility index (Phi) is 9.16. The SMILES string of the molecule is c1ccc([Si]2(c3ccccc3)OCc3ccccc3CO[Si](c3ccccc3)(c3ccccc3)OCc3ccccc3CO2)cc1. The van der Waals surface area contributed by atoms with Gasteiger partial charge in [0.15, 0.2) is 0 Å². The average molecular weight is 637 g/mol. The van der Waals surface area contributed by atoms with Gasteiger partial charge in [0.25, 0.3) is 0 Å². The van der Waals surface area contributed by atoms with E-state index in [1.165, 1.54) is 0 Å². The summed E-state index contributed by atoms with van der Waals surface area (Å²) >= 11 is 0. The highest BCUT2D eigenvalue weighted by molar-refractivity contribution is 6.93. The molecule has 0 aliphatic carbocycles. The van der Waals surface area contributed by atoms with Crippen LogP contribution in [0, 0.1) is 0 Å². The van der Waals surface area contributed by atoms with Crippen LogP contribution < -0.4 is 20.7 Å². The first kappa shape index (κ1) is 30.3. The van der Waals surface area contributed by atoms with Crippen molar-refractivity contribution in [1.82, 2.24) is 0 Å².